The number of hydrogen-bond acceptors (Lipinski definition) is 3. The molecule has 1 aliphatic carbocycles. The van der Waals surface area contributed by atoms with Crippen LogP contribution in [0, 0.1) is 5.41 Å². The van der Waals surface area contributed by atoms with Crippen LogP contribution in [0.1, 0.15) is 41.9 Å². The van der Waals surface area contributed by atoms with Crippen LogP contribution in [-0.4, -0.2) is 49.6 Å². The molecule has 2 saturated heterocycles. The minimum Gasteiger partial charge on any atom is -0.496 e. The molecule has 0 radical (unpaired) electrons. The Morgan fingerprint density at radius 2 is 1.71 bits per heavy atom. The van der Waals surface area contributed by atoms with Crippen molar-refractivity contribution in [3.05, 3.63) is 65.2 Å². The SMILES string of the molecule is COc1ccccc1CN1CCC2(CCN(CC3CCc4ccccc43)C2)C1. The van der Waals surface area contributed by atoms with Gasteiger partial charge in [-0.25, -0.2) is 0 Å². The lowest BCUT2D eigenvalue weighted by Crippen LogP contribution is -2.32. The fourth-order valence-electron chi connectivity index (χ4n) is 5.90. The standard InChI is InChI=1S/C25H32N2O/c1-28-24-9-5-3-7-22(24)17-27-15-13-25(19-27)12-14-26(18-25)16-21-11-10-20-6-2-4-8-23(20)21/h2-9,21H,10-19H2,1H3. The predicted octanol–water partition coefficient (Wildman–Crippen LogP) is 4.32. The number of rotatable bonds is 5. The third-order valence-corrected chi connectivity index (χ3v) is 7.36. The Labute approximate surface area is 169 Å². The van der Waals surface area contributed by atoms with E-state index in [0.29, 0.717) is 5.41 Å². The number of hydrogen-bond donors (Lipinski definition) is 0. The molecule has 148 valence electrons. The highest BCUT2D eigenvalue weighted by atomic mass is 16.5. The number of methoxy groups -OCH3 is 1. The quantitative estimate of drug-likeness (QED) is 0.773. The second kappa shape index (κ2) is 7.53. The van der Waals surface area contributed by atoms with Crippen LogP contribution in [0.15, 0.2) is 48.5 Å². The van der Waals surface area contributed by atoms with E-state index < -0.39 is 0 Å². The molecule has 1 spiro atoms. The minimum atomic E-state index is 0.514. The average Bonchev–Trinajstić information content (AvgIpc) is 3.43. The maximum atomic E-state index is 5.56. The summed E-state index contributed by atoms with van der Waals surface area (Å²) in [5, 5.41) is 0. The Kier molecular flexibility index (Phi) is 4.90. The average molecular weight is 377 g/mol. The van der Waals surface area contributed by atoms with E-state index in [1.54, 1.807) is 18.2 Å². The van der Waals surface area contributed by atoms with Crippen molar-refractivity contribution in [1.29, 1.82) is 0 Å². The molecular formula is C25H32N2O. The van der Waals surface area contributed by atoms with Crippen LogP contribution in [0.2, 0.25) is 0 Å². The number of para-hydroxylation sites is 1. The van der Waals surface area contributed by atoms with Crippen LogP contribution in [0.25, 0.3) is 0 Å². The number of likely N-dealkylation sites (tertiary alicyclic amines) is 2. The largest absolute Gasteiger partial charge is 0.496 e. The monoisotopic (exact) mass is 376 g/mol. The molecule has 0 bridgehead atoms. The highest BCUT2D eigenvalue weighted by Crippen LogP contribution is 2.42. The van der Waals surface area contributed by atoms with Gasteiger partial charge in [-0.3, -0.25) is 4.90 Å². The fraction of sp³-hybridized carbons (Fsp3) is 0.520. The van der Waals surface area contributed by atoms with Crippen molar-refractivity contribution in [3.63, 3.8) is 0 Å². The third kappa shape index (κ3) is 3.46. The van der Waals surface area contributed by atoms with Crippen LogP contribution in [-0.2, 0) is 13.0 Å². The number of benzene rings is 2. The molecule has 2 fully saturated rings. The van der Waals surface area contributed by atoms with Gasteiger partial charge in [-0.05, 0) is 67.3 Å². The molecule has 0 saturated carbocycles. The van der Waals surface area contributed by atoms with Crippen molar-refractivity contribution in [2.24, 2.45) is 5.41 Å². The molecule has 3 nitrogen and oxygen atoms in total. The highest BCUT2D eigenvalue weighted by Gasteiger charge is 2.43. The topological polar surface area (TPSA) is 15.7 Å². The summed E-state index contributed by atoms with van der Waals surface area (Å²) in [5.41, 5.74) is 5.04. The van der Waals surface area contributed by atoms with Crippen molar-refractivity contribution in [2.75, 3.05) is 39.8 Å². The van der Waals surface area contributed by atoms with Gasteiger partial charge in [0.25, 0.3) is 0 Å². The lowest BCUT2D eigenvalue weighted by molar-refractivity contribution is 0.230. The first-order valence-electron chi connectivity index (χ1n) is 10.9. The zero-order chi connectivity index (χ0) is 19.0. The number of ether oxygens (including phenoxy) is 1. The first-order valence-corrected chi connectivity index (χ1v) is 10.9. The second-order valence-corrected chi connectivity index (χ2v) is 9.19. The third-order valence-electron chi connectivity index (χ3n) is 7.36. The molecule has 28 heavy (non-hydrogen) atoms. The van der Waals surface area contributed by atoms with Gasteiger partial charge in [-0.2, -0.15) is 0 Å². The lowest BCUT2D eigenvalue weighted by Gasteiger charge is -2.26. The van der Waals surface area contributed by atoms with Crippen molar-refractivity contribution >= 4 is 0 Å². The fourth-order valence-corrected chi connectivity index (χ4v) is 5.90. The number of aryl methyl sites for hydroxylation is 1. The molecule has 3 heteroatoms. The Balaban J connectivity index is 1.19. The van der Waals surface area contributed by atoms with Crippen LogP contribution in [0.5, 0.6) is 5.75 Å². The second-order valence-electron chi connectivity index (χ2n) is 9.19. The summed E-state index contributed by atoms with van der Waals surface area (Å²) in [6.07, 6.45) is 5.32. The zero-order valence-corrected chi connectivity index (χ0v) is 17.1. The van der Waals surface area contributed by atoms with Crippen LogP contribution >= 0.6 is 0 Å². The highest BCUT2D eigenvalue weighted by molar-refractivity contribution is 5.35. The van der Waals surface area contributed by atoms with Gasteiger partial charge in [0.2, 0.25) is 0 Å². The molecule has 0 aromatic heterocycles. The van der Waals surface area contributed by atoms with Gasteiger partial charge in [0.15, 0.2) is 0 Å². The molecule has 2 aromatic carbocycles. The van der Waals surface area contributed by atoms with Gasteiger partial charge in [0.05, 0.1) is 7.11 Å². The Bertz CT molecular complexity index is 835. The first-order chi connectivity index (χ1) is 13.7. The summed E-state index contributed by atoms with van der Waals surface area (Å²) in [5.74, 6) is 1.77. The van der Waals surface area contributed by atoms with Gasteiger partial charge in [0, 0.05) is 31.7 Å². The van der Waals surface area contributed by atoms with Crippen molar-refractivity contribution in [3.8, 4) is 5.75 Å². The zero-order valence-electron chi connectivity index (χ0n) is 17.1. The van der Waals surface area contributed by atoms with Gasteiger partial charge < -0.3 is 9.64 Å². The maximum Gasteiger partial charge on any atom is 0.123 e. The van der Waals surface area contributed by atoms with Crippen molar-refractivity contribution in [2.45, 2.75) is 38.1 Å². The summed E-state index contributed by atoms with van der Waals surface area (Å²) in [6, 6.07) is 17.6. The summed E-state index contributed by atoms with van der Waals surface area (Å²) in [6.45, 7) is 7.29. The molecule has 2 aromatic rings. The normalized spacial score (nSPS) is 27.5. The molecule has 0 amide bonds. The van der Waals surface area contributed by atoms with Crippen molar-refractivity contribution in [1.82, 2.24) is 9.80 Å². The summed E-state index contributed by atoms with van der Waals surface area (Å²) in [7, 11) is 1.78. The Hall–Kier alpha value is -1.84. The van der Waals surface area contributed by atoms with E-state index in [0.717, 1.165) is 18.2 Å². The van der Waals surface area contributed by atoms with Gasteiger partial charge in [-0.1, -0.05) is 42.5 Å². The summed E-state index contributed by atoms with van der Waals surface area (Å²) >= 11 is 0. The first kappa shape index (κ1) is 18.2. The van der Waals surface area contributed by atoms with E-state index in [1.807, 2.05) is 0 Å². The molecule has 2 aliphatic heterocycles. The Morgan fingerprint density at radius 1 is 0.964 bits per heavy atom. The number of nitrogens with zero attached hydrogens (tertiary/aromatic N) is 2. The minimum absolute atomic E-state index is 0.514. The number of fused-ring (bicyclic) bond motifs is 1. The van der Waals surface area contributed by atoms with E-state index >= 15 is 0 Å². The van der Waals surface area contributed by atoms with E-state index in [-0.39, 0.29) is 0 Å². The molecule has 3 aliphatic rings. The lowest BCUT2D eigenvalue weighted by atomic mass is 9.86. The summed E-state index contributed by atoms with van der Waals surface area (Å²) in [4.78, 5) is 5.41. The van der Waals surface area contributed by atoms with Gasteiger partial charge in [0.1, 0.15) is 5.75 Å². The van der Waals surface area contributed by atoms with E-state index in [1.165, 1.54) is 64.0 Å². The van der Waals surface area contributed by atoms with Crippen LogP contribution in [0.3, 0.4) is 0 Å². The molecular weight excluding hydrogens is 344 g/mol. The van der Waals surface area contributed by atoms with E-state index in [2.05, 4.69) is 58.3 Å². The molecule has 2 heterocycles. The van der Waals surface area contributed by atoms with Crippen molar-refractivity contribution < 1.29 is 4.74 Å². The molecule has 2 unspecified atom stereocenters. The van der Waals surface area contributed by atoms with Gasteiger partial charge in [-0.15, -0.1) is 0 Å². The van der Waals surface area contributed by atoms with Crippen LogP contribution in [0.4, 0.5) is 0 Å². The summed E-state index contributed by atoms with van der Waals surface area (Å²) < 4.78 is 5.56. The predicted molar refractivity (Wildman–Crippen MR) is 114 cm³/mol. The molecule has 0 N–H and O–H groups in total. The maximum absolute atomic E-state index is 5.56. The van der Waals surface area contributed by atoms with E-state index in [4.69, 9.17) is 4.74 Å². The molecule has 5 rings (SSSR count). The van der Waals surface area contributed by atoms with Gasteiger partial charge >= 0.3 is 0 Å². The van der Waals surface area contributed by atoms with E-state index in [9.17, 15) is 0 Å². The van der Waals surface area contributed by atoms with Crippen LogP contribution < -0.4 is 4.74 Å². The molecule has 2 atom stereocenters. The smallest absolute Gasteiger partial charge is 0.123 e. The Morgan fingerprint density at radius 3 is 2.61 bits per heavy atom.